The van der Waals surface area contributed by atoms with E-state index in [-0.39, 0.29) is 12.4 Å². The molecule has 2 aliphatic rings. The van der Waals surface area contributed by atoms with Crippen LogP contribution in [0.4, 0.5) is 0 Å². The summed E-state index contributed by atoms with van der Waals surface area (Å²) < 4.78 is 70.1. The van der Waals surface area contributed by atoms with Crippen molar-refractivity contribution < 1.29 is 41.6 Å². The van der Waals surface area contributed by atoms with Crippen molar-refractivity contribution in [2.45, 2.75) is 76.2 Å². The highest BCUT2D eigenvalue weighted by molar-refractivity contribution is 7.90. The summed E-state index contributed by atoms with van der Waals surface area (Å²) in [5, 5.41) is 0. The third kappa shape index (κ3) is 12.7. The van der Waals surface area contributed by atoms with Gasteiger partial charge in [0.2, 0.25) is 0 Å². The fourth-order valence-electron chi connectivity index (χ4n) is 8.20. The molecule has 1 fully saturated rings. The van der Waals surface area contributed by atoms with Gasteiger partial charge in [0.1, 0.15) is 51.9 Å². The molecule has 0 saturated carbocycles. The van der Waals surface area contributed by atoms with E-state index in [0.717, 1.165) is 56.7 Å². The summed E-state index contributed by atoms with van der Waals surface area (Å²) in [6.45, 7) is 2.68. The fraction of sp³-hybridized carbons (Fsp3) is 0.321. The van der Waals surface area contributed by atoms with Crippen LogP contribution in [-0.2, 0) is 72.8 Å². The molecule has 0 spiro atoms. The first-order valence-electron chi connectivity index (χ1n) is 21.8. The SMILES string of the molecule is CS(=O)(=O)CCCOc1ccc(Cc2cc(C3OC(COCc4ccccc4)C(OCc4ccccc4)C(OCc4ccccc4)C3OCc3ccccc3)cc3c2OCC3)cc1. The highest BCUT2D eigenvalue weighted by Crippen LogP contribution is 2.42. The average molecular weight is 869 g/mol. The standard InChI is InChI=1S/C53H56O9S/c1-63(54,55)30-14-28-57-47-25-23-39(24-26-47)31-45-33-46(32-44-27-29-58-49(44)45)50-52(60-36-42-19-10-4-11-20-42)53(61-37-43-21-12-5-13-22-43)51(59-35-41-17-8-3-9-18-41)48(62-50)38-56-34-40-15-6-2-7-16-40/h2-13,15-26,32-33,48,50-53H,14,27-31,34-38H2,1H3. The third-order valence-electron chi connectivity index (χ3n) is 11.3. The Kier molecular flexibility index (Phi) is 15.4. The zero-order valence-corrected chi connectivity index (χ0v) is 36.6. The van der Waals surface area contributed by atoms with Crippen LogP contribution in [0.2, 0.25) is 0 Å². The molecule has 8 rings (SSSR count). The molecule has 0 amide bonds. The maximum Gasteiger partial charge on any atom is 0.147 e. The zero-order valence-electron chi connectivity index (χ0n) is 35.8. The van der Waals surface area contributed by atoms with Gasteiger partial charge in [0.15, 0.2) is 0 Å². The van der Waals surface area contributed by atoms with Crippen LogP contribution in [0, 0.1) is 0 Å². The van der Waals surface area contributed by atoms with Crippen molar-refractivity contribution in [1.82, 2.24) is 0 Å². The molecule has 2 aliphatic heterocycles. The lowest BCUT2D eigenvalue weighted by atomic mass is 9.88. The van der Waals surface area contributed by atoms with E-state index in [2.05, 4.69) is 60.7 Å². The molecule has 0 aliphatic carbocycles. The summed E-state index contributed by atoms with van der Waals surface area (Å²) in [6.07, 6.45) is 0.325. The van der Waals surface area contributed by atoms with Crippen molar-refractivity contribution in [3.8, 4) is 11.5 Å². The van der Waals surface area contributed by atoms with Crippen LogP contribution in [-0.4, -0.2) is 64.7 Å². The van der Waals surface area contributed by atoms with Crippen LogP contribution in [0.5, 0.6) is 11.5 Å². The molecule has 63 heavy (non-hydrogen) atoms. The van der Waals surface area contributed by atoms with Gasteiger partial charge in [-0.25, -0.2) is 8.42 Å². The number of fused-ring (bicyclic) bond motifs is 1. The molecule has 9 nitrogen and oxygen atoms in total. The van der Waals surface area contributed by atoms with Crippen molar-refractivity contribution in [2.75, 3.05) is 31.8 Å². The number of hydrogen-bond acceptors (Lipinski definition) is 9. The molecule has 0 bridgehead atoms. The third-order valence-corrected chi connectivity index (χ3v) is 12.4. The van der Waals surface area contributed by atoms with E-state index in [0.29, 0.717) is 58.2 Å². The molecule has 6 aromatic rings. The molecule has 5 atom stereocenters. The van der Waals surface area contributed by atoms with Gasteiger partial charge in [0.25, 0.3) is 0 Å². The van der Waals surface area contributed by atoms with Gasteiger partial charge in [-0.15, -0.1) is 0 Å². The Morgan fingerprint density at radius 1 is 0.603 bits per heavy atom. The largest absolute Gasteiger partial charge is 0.494 e. The minimum atomic E-state index is -3.04. The number of benzene rings is 6. The second kappa shape index (κ2) is 21.8. The Hall–Kier alpha value is -5.33. The molecule has 6 aromatic carbocycles. The summed E-state index contributed by atoms with van der Waals surface area (Å²) >= 11 is 0. The Bertz CT molecular complexity index is 2410. The highest BCUT2D eigenvalue weighted by atomic mass is 32.2. The molecule has 10 heteroatoms. The lowest BCUT2D eigenvalue weighted by Crippen LogP contribution is -2.58. The second-order valence-electron chi connectivity index (χ2n) is 16.3. The van der Waals surface area contributed by atoms with Crippen LogP contribution >= 0.6 is 0 Å². The van der Waals surface area contributed by atoms with Crippen molar-refractivity contribution in [2.24, 2.45) is 0 Å². The average Bonchev–Trinajstić information content (AvgIpc) is 3.80. The van der Waals surface area contributed by atoms with Gasteiger partial charge >= 0.3 is 0 Å². The molecular weight excluding hydrogens is 813 g/mol. The first-order valence-corrected chi connectivity index (χ1v) is 23.8. The first kappa shape index (κ1) is 44.3. The number of ether oxygens (including phenoxy) is 7. The van der Waals surface area contributed by atoms with Crippen molar-refractivity contribution in [1.29, 1.82) is 0 Å². The van der Waals surface area contributed by atoms with E-state index in [1.54, 1.807) is 0 Å². The van der Waals surface area contributed by atoms with Gasteiger partial charge in [-0.1, -0.05) is 133 Å². The number of rotatable bonds is 21. The monoisotopic (exact) mass is 868 g/mol. The van der Waals surface area contributed by atoms with E-state index in [9.17, 15) is 8.42 Å². The summed E-state index contributed by atoms with van der Waals surface area (Å²) in [4.78, 5) is 0. The molecule has 0 N–H and O–H groups in total. The number of hydrogen-bond donors (Lipinski definition) is 0. The van der Waals surface area contributed by atoms with Gasteiger partial charge in [0, 0.05) is 19.1 Å². The predicted octanol–water partition coefficient (Wildman–Crippen LogP) is 9.44. The summed E-state index contributed by atoms with van der Waals surface area (Å²) in [5.41, 5.74) is 8.43. The minimum absolute atomic E-state index is 0.0954. The topological polar surface area (TPSA) is 98.8 Å². The van der Waals surface area contributed by atoms with Crippen LogP contribution in [0.3, 0.4) is 0 Å². The Labute approximate surface area is 371 Å². The summed E-state index contributed by atoms with van der Waals surface area (Å²) in [7, 11) is -3.04. The molecule has 0 radical (unpaired) electrons. The van der Waals surface area contributed by atoms with Gasteiger partial charge in [0.05, 0.1) is 52.0 Å². The Morgan fingerprint density at radius 2 is 1.14 bits per heavy atom. The number of sulfone groups is 1. The quantitative estimate of drug-likeness (QED) is 0.0656. The van der Waals surface area contributed by atoms with Crippen molar-refractivity contribution >= 4 is 9.84 Å². The molecule has 1 saturated heterocycles. The Morgan fingerprint density at radius 3 is 1.71 bits per heavy atom. The van der Waals surface area contributed by atoms with Crippen LogP contribution in [0.25, 0.3) is 0 Å². The van der Waals surface area contributed by atoms with Gasteiger partial charge < -0.3 is 33.2 Å². The molecule has 0 aromatic heterocycles. The first-order chi connectivity index (χ1) is 30.8. The summed E-state index contributed by atoms with van der Waals surface area (Å²) in [6, 6.07) is 53.1. The van der Waals surface area contributed by atoms with Crippen molar-refractivity contribution in [3.05, 3.63) is 202 Å². The Balaban J connectivity index is 1.13. The molecule has 2 heterocycles. The lowest BCUT2D eigenvalue weighted by Gasteiger charge is -2.46. The van der Waals surface area contributed by atoms with E-state index < -0.39 is 40.4 Å². The van der Waals surface area contributed by atoms with Gasteiger partial charge in [-0.2, -0.15) is 0 Å². The second-order valence-corrected chi connectivity index (χ2v) is 18.6. The highest BCUT2D eigenvalue weighted by Gasteiger charge is 2.49. The lowest BCUT2D eigenvalue weighted by molar-refractivity contribution is -0.275. The van der Waals surface area contributed by atoms with E-state index in [4.69, 9.17) is 33.2 Å². The van der Waals surface area contributed by atoms with Crippen LogP contribution in [0.1, 0.15) is 57.0 Å². The predicted molar refractivity (Wildman–Crippen MR) is 243 cm³/mol. The normalized spacial score (nSPS) is 19.6. The smallest absolute Gasteiger partial charge is 0.147 e. The maximum atomic E-state index is 11.6. The fourth-order valence-corrected chi connectivity index (χ4v) is 8.85. The van der Waals surface area contributed by atoms with Crippen LogP contribution in [0.15, 0.2) is 158 Å². The van der Waals surface area contributed by atoms with Crippen LogP contribution < -0.4 is 9.47 Å². The van der Waals surface area contributed by atoms with E-state index >= 15 is 0 Å². The molecule has 5 unspecified atom stereocenters. The van der Waals surface area contributed by atoms with E-state index in [1.807, 2.05) is 97.1 Å². The minimum Gasteiger partial charge on any atom is -0.494 e. The molecule has 328 valence electrons. The van der Waals surface area contributed by atoms with Gasteiger partial charge in [-0.05, 0) is 75.2 Å². The molecular formula is C53H56O9S. The maximum absolute atomic E-state index is 11.6. The zero-order chi connectivity index (χ0) is 43.3. The summed E-state index contributed by atoms with van der Waals surface area (Å²) in [5.74, 6) is 1.70. The van der Waals surface area contributed by atoms with Crippen molar-refractivity contribution in [3.63, 3.8) is 0 Å². The van der Waals surface area contributed by atoms with Gasteiger partial charge in [-0.3, -0.25) is 0 Å². The van der Waals surface area contributed by atoms with E-state index in [1.165, 1.54) is 6.26 Å².